The molecule has 1 saturated heterocycles. The van der Waals surface area contributed by atoms with Crippen LogP contribution in [0.25, 0.3) is 17.4 Å². The Kier molecular flexibility index (Phi) is 5.48. The minimum absolute atomic E-state index is 0.0347. The van der Waals surface area contributed by atoms with Gasteiger partial charge in [-0.15, -0.1) is 0 Å². The molecule has 0 unspecified atom stereocenters. The molecule has 2 heterocycles. The Morgan fingerprint density at radius 2 is 1.87 bits per heavy atom. The number of amides is 2. The molecular formula is C22H13ClNO5S-. The van der Waals surface area contributed by atoms with E-state index in [0.29, 0.717) is 17.1 Å². The summed E-state index contributed by atoms with van der Waals surface area (Å²) in [6.07, 6.45) is 1.51. The Bertz CT molecular complexity index is 1190. The van der Waals surface area contributed by atoms with Gasteiger partial charge in [0.25, 0.3) is 11.1 Å². The number of carboxylic acid groups (broad SMARTS) is 1. The van der Waals surface area contributed by atoms with E-state index in [4.69, 9.17) is 16.0 Å². The summed E-state index contributed by atoms with van der Waals surface area (Å²) >= 11 is 6.82. The molecule has 8 heteroatoms. The summed E-state index contributed by atoms with van der Waals surface area (Å²) in [7, 11) is 0. The van der Waals surface area contributed by atoms with E-state index < -0.39 is 5.97 Å². The minimum atomic E-state index is -1.36. The normalized spacial score (nSPS) is 15.2. The number of imide groups is 1. The van der Waals surface area contributed by atoms with Crippen molar-refractivity contribution in [2.45, 2.75) is 6.54 Å². The molecule has 0 bridgehead atoms. The Labute approximate surface area is 180 Å². The molecule has 0 spiro atoms. The minimum Gasteiger partial charge on any atom is -0.545 e. The number of benzene rings is 2. The highest BCUT2D eigenvalue weighted by Crippen LogP contribution is 2.34. The standard InChI is InChI=1S/C22H14ClNO5S/c23-17-10-14(6-8-16(17)21(26)27)18-9-7-15(29-18)11-19-20(25)24(22(28)30-19)12-13-4-2-1-3-5-13/h1-11H,12H2,(H,26,27)/p-1/b19-11+. The molecule has 6 nitrogen and oxygen atoms in total. The summed E-state index contributed by atoms with van der Waals surface area (Å²) in [6, 6.07) is 16.9. The van der Waals surface area contributed by atoms with Gasteiger partial charge in [0, 0.05) is 17.2 Å². The number of carbonyl (C=O) groups is 3. The summed E-state index contributed by atoms with van der Waals surface area (Å²) in [5.74, 6) is -0.919. The van der Waals surface area contributed by atoms with Gasteiger partial charge in [-0.1, -0.05) is 54.1 Å². The van der Waals surface area contributed by atoms with E-state index in [1.165, 1.54) is 23.1 Å². The SMILES string of the molecule is O=C([O-])c1ccc(-c2ccc(/C=C3/SC(=O)N(Cc4ccccc4)C3=O)o2)cc1Cl. The van der Waals surface area contributed by atoms with Crippen molar-refractivity contribution in [2.24, 2.45) is 0 Å². The molecule has 150 valence electrons. The smallest absolute Gasteiger partial charge is 0.293 e. The number of thioether (sulfide) groups is 1. The molecule has 0 radical (unpaired) electrons. The lowest BCUT2D eigenvalue weighted by Crippen LogP contribution is -2.27. The van der Waals surface area contributed by atoms with Gasteiger partial charge in [-0.2, -0.15) is 0 Å². The van der Waals surface area contributed by atoms with E-state index in [1.807, 2.05) is 30.3 Å². The second-order valence-electron chi connectivity index (χ2n) is 6.44. The second-order valence-corrected chi connectivity index (χ2v) is 7.84. The molecule has 4 rings (SSSR count). The van der Waals surface area contributed by atoms with Crippen molar-refractivity contribution >= 4 is 46.6 Å². The number of hydrogen-bond acceptors (Lipinski definition) is 6. The zero-order chi connectivity index (χ0) is 21.3. The molecule has 0 N–H and O–H groups in total. The fraction of sp³-hybridized carbons (Fsp3) is 0.0455. The largest absolute Gasteiger partial charge is 0.545 e. The van der Waals surface area contributed by atoms with E-state index in [2.05, 4.69) is 0 Å². The summed E-state index contributed by atoms with van der Waals surface area (Å²) in [4.78, 5) is 37.3. The van der Waals surface area contributed by atoms with E-state index in [0.717, 1.165) is 17.3 Å². The molecule has 2 amide bonds. The summed E-state index contributed by atoms with van der Waals surface area (Å²) < 4.78 is 5.73. The van der Waals surface area contributed by atoms with Crippen LogP contribution in [-0.4, -0.2) is 22.0 Å². The van der Waals surface area contributed by atoms with Crippen LogP contribution in [-0.2, 0) is 11.3 Å². The van der Waals surface area contributed by atoms with Crippen molar-refractivity contribution in [3.63, 3.8) is 0 Å². The highest BCUT2D eigenvalue weighted by atomic mass is 35.5. The first-order valence-electron chi connectivity index (χ1n) is 8.83. The van der Waals surface area contributed by atoms with Gasteiger partial charge in [0.2, 0.25) is 0 Å². The van der Waals surface area contributed by atoms with Crippen LogP contribution < -0.4 is 5.11 Å². The predicted molar refractivity (Wildman–Crippen MR) is 111 cm³/mol. The number of aromatic carboxylic acids is 1. The van der Waals surface area contributed by atoms with Crippen molar-refractivity contribution in [1.29, 1.82) is 0 Å². The molecule has 2 aromatic carbocycles. The zero-order valence-corrected chi connectivity index (χ0v) is 16.9. The van der Waals surface area contributed by atoms with E-state index in [9.17, 15) is 19.5 Å². The second kappa shape index (κ2) is 8.22. The van der Waals surface area contributed by atoms with Crippen molar-refractivity contribution in [2.75, 3.05) is 0 Å². The molecule has 1 aliphatic heterocycles. The van der Waals surface area contributed by atoms with Crippen LogP contribution in [0.15, 0.2) is 70.0 Å². The van der Waals surface area contributed by atoms with Crippen LogP contribution >= 0.6 is 23.4 Å². The number of rotatable bonds is 5. The molecule has 3 aromatic rings. The van der Waals surface area contributed by atoms with Crippen LogP contribution in [0.1, 0.15) is 21.7 Å². The molecular weight excluding hydrogens is 426 g/mol. The first kappa shape index (κ1) is 20.0. The third kappa shape index (κ3) is 4.03. The molecule has 0 aliphatic carbocycles. The Morgan fingerprint density at radius 1 is 1.10 bits per heavy atom. The Balaban J connectivity index is 1.54. The highest BCUT2D eigenvalue weighted by molar-refractivity contribution is 8.18. The molecule has 1 aromatic heterocycles. The summed E-state index contributed by atoms with van der Waals surface area (Å²) in [5, 5.41) is 10.7. The van der Waals surface area contributed by atoms with Gasteiger partial charge in [-0.3, -0.25) is 14.5 Å². The fourth-order valence-corrected chi connectivity index (χ4v) is 4.03. The molecule has 0 atom stereocenters. The average molecular weight is 439 g/mol. The number of nitrogens with zero attached hydrogens (tertiary/aromatic N) is 1. The number of carboxylic acids is 1. The van der Waals surface area contributed by atoms with Crippen molar-refractivity contribution in [1.82, 2.24) is 4.90 Å². The first-order valence-corrected chi connectivity index (χ1v) is 10.0. The number of halogens is 1. The maximum atomic E-state index is 12.6. The lowest BCUT2D eigenvalue weighted by molar-refractivity contribution is -0.255. The van der Waals surface area contributed by atoms with Crippen LogP contribution in [0.5, 0.6) is 0 Å². The van der Waals surface area contributed by atoms with Gasteiger partial charge in [0.05, 0.1) is 22.4 Å². The quantitative estimate of drug-likeness (QED) is 0.554. The third-order valence-corrected chi connectivity index (χ3v) is 5.65. The maximum Gasteiger partial charge on any atom is 0.293 e. The van der Waals surface area contributed by atoms with Gasteiger partial charge in [0.15, 0.2) is 0 Å². The van der Waals surface area contributed by atoms with Crippen molar-refractivity contribution < 1.29 is 23.9 Å². The summed E-state index contributed by atoms with van der Waals surface area (Å²) in [5.41, 5.74) is 1.32. The lowest BCUT2D eigenvalue weighted by Gasteiger charge is -2.11. The molecule has 30 heavy (non-hydrogen) atoms. The van der Waals surface area contributed by atoms with Crippen LogP contribution in [0.4, 0.5) is 4.79 Å². The highest BCUT2D eigenvalue weighted by Gasteiger charge is 2.35. The van der Waals surface area contributed by atoms with Crippen LogP contribution in [0.3, 0.4) is 0 Å². The van der Waals surface area contributed by atoms with E-state index >= 15 is 0 Å². The number of furan rings is 1. The topological polar surface area (TPSA) is 90.6 Å². The Morgan fingerprint density at radius 3 is 2.57 bits per heavy atom. The molecule has 0 saturated carbocycles. The monoisotopic (exact) mass is 438 g/mol. The van der Waals surface area contributed by atoms with Gasteiger partial charge >= 0.3 is 0 Å². The maximum absolute atomic E-state index is 12.6. The predicted octanol–water partition coefficient (Wildman–Crippen LogP) is 4.20. The third-order valence-electron chi connectivity index (χ3n) is 4.43. The van der Waals surface area contributed by atoms with Gasteiger partial charge in [0.1, 0.15) is 11.5 Å². The number of hydrogen-bond donors (Lipinski definition) is 0. The van der Waals surface area contributed by atoms with E-state index in [-0.39, 0.29) is 33.2 Å². The lowest BCUT2D eigenvalue weighted by atomic mass is 10.1. The fourth-order valence-electron chi connectivity index (χ4n) is 2.95. The summed E-state index contributed by atoms with van der Waals surface area (Å²) in [6.45, 7) is 0.204. The number of carbonyl (C=O) groups excluding carboxylic acids is 3. The van der Waals surface area contributed by atoms with Crippen molar-refractivity contribution in [3.05, 3.63) is 87.5 Å². The first-order chi connectivity index (χ1) is 14.4. The Hall–Kier alpha value is -3.29. The zero-order valence-electron chi connectivity index (χ0n) is 15.3. The molecule has 1 fully saturated rings. The molecule has 1 aliphatic rings. The van der Waals surface area contributed by atoms with E-state index in [1.54, 1.807) is 18.2 Å². The van der Waals surface area contributed by atoms with Gasteiger partial charge in [-0.25, -0.2) is 0 Å². The van der Waals surface area contributed by atoms with Gasteiger partial charge < -0.3 is 14.3 Å². The van der Waals surface area contributed by atoms with Crippen molar-refractivity contribution in [3.8, 4) is 11.3 Å². The van der Waals surface area contributed by atoms with Crippen LogP contribution in [0.2, 0.25) is 5.02 Å². The van der Waals surface area contributed by atoms with Gasteiger partial charge in [-0.05, 0) is 35.5 Å². The van der Waals surface area contributed by atoms with Crippen LogP contribution in [0, 0.1) is 0 Å². The average Bonchev–Trinajstić information content (AvgIpc) is 3.29.